The normalized spacial score (nSPS) is 19.7. The Labute approximate surface area is 110 Å². The fourth-order valence-corrected chi connectivity index (χ4v) is 2.87. The Balaban J connectivity index is 2.19. The minimum atomic E-state index is -0.356. The summed E-state index contributed by atoms with van der Waals surface area (Å²) in [7, 11) is 0. The number of imide groups is 1. The van der Waals surface area contributed by atoms with Gasteiger partial charge in [-0.1, -0.05) is 12.1 Å². The summed E-state index contributed by atoms with van der Waals surface area (Å²) in [5, 5.41) is 8.41. The zero-order valence-electron chi connectivity index (χ0n) is 10.1. The molecule has 2 amide bonds. The smallest absolute Gasteiger partial charge is 0.247 e. The molecule has 0 radical (unpaired) electrons. The zero-order valence-corrected chi connectivity index (χ0v) is 10.9. The van der Waals surface area contributed by atoms with Gasteiger partial charge in [0, 0.05) is 12.2 Å². The molecule has 0 aromatic heterocycles. The SMILES string of the molecule is Cc1cccc(N2C(=O)C[C@H](SCCO)C2=O)c1. The lowest BCUT2D eigenvalue weighted by atomic mass is 10.2. The summed E-state index contributed by atoms with van der Waals surface area (Å²) in [6.07, 6.45) is 0.220. The van der Waals surface area contributed by atoms with Crippen LogP contribution in [0.3, 0.4) is 0 Å². The van der Waals surface area contributed by atoms with E-state index in [1.54, 1.807) is 6.07 Å². The monoisotopic (exact) mass is 265 g/mol. The van der Waals surface area contributed by atoms with Crippen LogP contribution in [-0.2, 0) is 9.59 Å². The Hall–Kier alpha value is -1.33. The van der Waals surface area contributed by atoms with Crippen molar-refractivity contribution >= 4 is 29.3 Å². The Kier molecular flexibility index (Phi) is 4.04. The molecule has 0 bridgehead atoms. The van der Waals surface area contributed by atoms with Crippen molar-refractivity contribution in [3.8, 4) is 0 Å². The average molecular weight is 265 g/mol. The fourth-order valence-electron chi connectivity index (χ4n) is 1.97. The Morgan fingerprint density at radius 3 is 2.89 bits per heavy atom. The van der Waals surface area contributed by atoms with Gasteiger partial charge >= 0.3 is 0 Å². The van der Waals surface area contributed by atoms with Gasteiger partial charge in [0.1, 0.15) is 0 Å². The third-order valence-corrected chi connectivity index (χ3v) is 3.96. The number of carbonyl (C=O) groups excluding carboxylic acids is 2. The highest BCUT2D eigenvalue weighted by Gasteiger charge is 2.39. The van der Waals surface area contributed by atoms with Crippen molar-refractivity contribution in [3.63, 3.8) is 0 Å². The molecular formula is C13H15NO3S. The van der Waals surface area contributed by atoms with Gasteiger partial charge < -0.3 is 5.11 Å². The highest BCUT2D eigenvalue weighted by Crippen LogP contribution is 2.29. The average Bonchev–Trinajstić information content (AvgIpc) is 2.62. The summed E-state index contributed by atoms with van der Waals surface area (Å²) in [5.41, 5.74) is 1.65. The van der Waals surface area contributed by atoms with Gasteiger partial charge in [0.05, 0.1) is 17.5 Å². The second-order valence-electron chi connectivity index (χ2n) is 4.19. The number of rotatable bonds is 4. The van der Waals surface area contributed by atoms with Crippen molar-refractivity contribution in [2.75, 3.05) is 17.3 Å². The molecule has 1 saturated heterocycles. The number of hydrogen-bond donors (Lipinski definition) is 1. The van der Waals surface area contributed by atoms with E-state index in [1.807, 2.05) is 25.1 Å². The summed E-state index contributed by atoms with van der Waals surface area (Å²) < 4.78 is 0. The third-order valence-electron chi connectivity index (χ3n) is 2.78. The molecule has 0 spiro atoms. The van der Waals surface area contributed by atoms with Crippen molar-refractivity contribution in [2.24, 2.45) is 0 Å². The minimum Gasteiger partial charge on any atom is -0.396 e. The second-order valence-corrected chi connectivity index (χ2v) is 5.50. The molecule has 1 aromatic rings. The number of benzene rings is 1. The van der Waals surface area contributed by atoms with Gasteiger partial charge in [0.15, 0.2) is 0 Å². The Morgan fingerprint density at radius 1 is 1.44 bits per heavy atom. The van der Waals surface area contributed by atoms with Crippen molar-refractivity contribution < 1.29 is 14.7 Å². The molecule has 2 rings (SSSR count). The molecule has 0 unspecified atom stereocenters. The van der Waals surface area contributed by atoms with Crippen LogP contribution in [0.25, 0.3) is 0 Å². The summed E-state index contributed by atoms with van der Waals surface area (Å²) in [5.74, 6) is 0.135. The second kappa shape index (κ2) is 5.54. The first-order valence-corrected chi connectivity index (χ1v) is 6.84. The van der Waals surface area contributed by atoms with Crippen molar-refractivity contribution in [1.82, 2.24) is 0 Å². The van der Waals surface area contributed by atoms with E-state index in [2.05, 4.69) is 0 Å². The summed E-state index contributed by atoms with van der Waals surface area (Å²) in [4.78, 5) is 25.3. The van der Waals surface area contributed by atoms with Gasteiger partial charge in [-0.25, -0.2) is 4.90 Å². The molecule has 1 heterocycles. The maximum atomic E-state index is 12.1. The van der Waals surface area contributed by atoms with Crippen molar-refractivity contribution in [3.05, 3.63) is 29.8 Å². The maximum Gasteiger partial charge on any atom is 0.247 e. The largest absolute Gasteiger partial charge is 0.396 e. The third kappa shape index (κ3) is 2.57. The summed E-state index contributed by atoms with van der Waals surface area (Å²) in [6.45, 7) is 1.94. The summed E-state index contributed by atoms with van der Waals surface area (Å²) >= 11 is 1.34. The van der Waals surface area contributed by atoms with Crippen LogP contribution in [0.5, 0.6) is 0 Å². The first-order chi connectivity index (χ1) is 8.63. The van der Waals surface area contributed by atoms with Gasteiger partial charge in [0.25, 0.3) is 0 Å². The van der Waals surface area contributed by atoms with Crippen LogP contribution in [0.15, 0.2) is 24.3 Å². The summed E-state index contributed by atoms with van der Waals surface area (Å²) in [6, 6.07) is 7.35. The van der Waals surface area contributed by atoms with Crippen molar-refractivity contribution in [2.45, 2.75) is 18.6 Å². The van der Waals surface area contributed by atoms with Gasteiger partial charge in [-0.05, 0) is 24.6 Å². The molecule has 1 aliphatic rings. The number of amides is 2. The van der Waals surface area contributed by atoms with Crippen LogP contribution >= 0.6 is 11.8 Å². The lowest BCUT2D eigenvalue weighted by molar-refractivity contribution is -0.121. The van der Waals surface area contributed by atoms with Gasteiger partial charge in [0.2, 0.25) is 11.8 Å². The molecule has 0 saturated carbocycles. The molecular weight excluding hydrogens is 250 g/mol. The molecule has 96 valence electrons. The molecule has 1 aromatic carbocycles. The van der Waals surface area contributed by atoms with Gasteiger partial charge in [-0.3, -0.25) is 9.59 Å². The van der Waals surface area contributed by atoms with Crippen LogP contribution in [0.4, 0.5) is 5.69 Å². The predicted octanol–water partition coefficient (Wildman–Crippen LogP) is 1.35. The van der Waals surface area contributed by atoms with Crippen LogP contribution in [0, 0.1) is 6.92 Å². The number of hydrogen-bond acceptors (Lipinski definition) is 4. The predicted molar refractivity (Wildman–Crippen MR) is 71.6 cm³/mol. The van der Waals surface area contributed by atoms with Crippen LogP contribution in [-0.4, -0.2) is 34.5 Å². The number of aliphatic hydroxyl groups is 1. The van der Waals surface area contributed by atoms with Gasteiger partial charge in [-0.15, -0.1) is 11.8 Å². The quantitative estimate of drug-likeness (QED) is 0.835. The molecule has 4 nitrogen and oxygen atoms in total. The van der Waals surface area contributed by atoms with Gasteiger partial charge in [-0.2, -0.15) is 0 Å². The van der Waals surface area contributed by atoms with E-state index in [0.717, 1.165) is 5.56 Å². The number of nitrogens with zero attached hydrogens (tertiary/aromatic N) is 1. The number of aliphatic hydroxyl groups excluding tert-OH is 1. The highest BCUT2D eigenvalue weighted by molar-refractivity contribution is 8.00. The molecule has 5 heteroatoms. The van der Waals surface area contributed by atoms with Crippen LogP contribution in [0.1, 0.15) is 12.0 Å². The molecule has 1 N–H and O–H groups in total. The van der Waals surface area contributed by atoms with Crippen molar-refractivity contribution in [1.29, 1.82) is 0 Å². The zero-order chi connectivity index (χ0) is 13.1. The highest BCUT2D eigenvalue weighted by atomic mass is 32.2. The topological polar surface area (TPSA) is 57.6 Å². The van der Waals surface area contributed by atoms with Crippen LogP contribution < -0.4 is 4.90 Å². The Morgan fingerprint density at radius 2 is 2.22 bits per heavy atom. The minimum absolute atomic E-state index is 0.0209. The van der Waals surface area contributed by atoms with E-state index in [-0.39, 0.29) is 30.1 Å². The van der Waals surface area contributed by atoms with Crippen LogP contribution in [0.2, 0.25) is 0 Å². The van der Waals surface area contributed by atoms with E-state index in [4.69, 9.17) is 5.11 Å². The Bertz CT molecular complexity index is 475. The lowest BCUT2D eigenvalue weighted by Crippen LogP contribution is -2.31. The molecule has 1 aliphatic heterocycles. The van der Waals surface area contributed by atoms with E-state index in [0.29, 0.717) is 11.4 Å². The first-order valence-electron chi connectivity index (χ1n) is 5.79. The van der Waals surface area contributed by atoms with E-state index < -0.39 is 0 Å². The standard InChI is InChI=1S/C13H15NO3S/c1-9-3-2-4-10(7-9)14-12(16)8-11(13(14)17)18-6-5-15/h2-4,7,11,15H,5-6,8H2,1H3/t11-/m0/s1. The lowest BCUT2D eigenvalue weighted by Gasteiger charge is -2.15. The number of aryl methyl sites for hydroxylation is 1. The first kappa shape index (κ1) is 13.1. The van der Waals surface area contributed by atoms with E-state index >= 15 is 0 Å². The molecule has 1 fully saturated rings. The molecule has 1 atom stereocenters. The fraction of sp³-hybridized carbons (Fsp3) is 0.385. The molecule has 0 aliphatic carbocycles. The van der Waals surface area contributed by atoms with E-state index in [1.165, 1.54) is 16.7 Å². The number of anilines is 1. The van der Waals surface area contributed by atoms with E-state index in [9.17, 15) is 9.59 Å². The number of carbonyl (C=O) groups is 2. The maximum absolute atomic E-state index is 12.1. The molecule has 18 heavy (non-hydrogen) atoms. The number of thioether (sulfide) groups is 1.